The molecule has 1 N–H and O–H groups in total. The van der Waals surface area contributed by atoms with Crippen LogP contribution in [0.15, 0.2) is 47.4 Å². The normalized spacial score (nSPS) is 21.2. The molecule has 1 aromatic rings. The van der Waals surface area contributed by atoms with Gasteiger partial charge in [-0.15, -0.1) is 0 Å². The number of aliphatic hydroxyl groups is 1. The number of likely N-dealkylation sites (tertiary alicyclic amines) is 1. The van der Waals surface area contributed by atoms with Gasteiger partial charge in [0.05, 0.1) is 4.91 Å². The molecule has 30 heavy (non-hydrogen) atoms. The Bertz CT molecular complexity index is 821. The topological polar surface area (TPSA) is 60.9 Å². The van der Waals surface area contributed by atoms with Crippen molar-refractivity contribution >= 4 is 46.2 Å². The van der Waals surface area contributed by atoms with E-state index in [0.717, 1.165) is 31.4 Å². The van der Waals surface area contributed by atoms with E-state index in [9.17, 15) is 14.7 Å². The van der Waals surface area contributed by atoms with Crippen molar-refractivity contribution in [3.8, 4) is 0 Å². The molecule has 1 atom stereocenters. The molecule has 3 rings (SSSR count). The average Bonchev–Trinajstić information content (AvgIpc) is 3.02. The van der Waals surface area contributed by atoms with Crippen molar-refractivity contribution < 1.29 is 14.7 Å². The molecule has 2 aliphatic heterocycles. The van der Waals surface area contributed by atoms with Gasteiger partial charge in [0.1, 0.15) is 4.32 Å². The fraction of sp³-hybridized carbons (Fsp3) is 0.435. The third kappa shape index (κ3) is 6.03. The lowest BCUT2D eigenvalue weighted by Gasteiger charge is -2.35. The largest absolute Gasteiger partial charge is 0.396 e. The molecule has 0 aliphatic carbocycles. The highest BCUT2D eigenvalue weighted by atomic mass is 32.2. The Morgan fingerprint density at radius 2 is 2.07 bits per heavy atom. The molecular weight excluding hydrogens is 416 g/mol. The molecule has 2 amide bonds. The Hall–Kier alpha value is -1.96. The van der Waals surface area contributed by atoms with Crippen LogP contribution in [0.3, 0.4) is 0 Å². The predicted octanol–water partition coefficient (Wildman–Crippen LogP) is 3.99. The highest BCUT2D eigenvalue weighted by Crippen LogP contribution is 2.31. The van der Waals surface area contributed by atoms with E-state index in [1.54, 1.807) is 11.0 Å². The lowest BCUT2D eigenvalue weighted by atomic mass is 9.99. The summed E-state index contributed by atoms with van der Waals surface area (Å²) in [4.78, 5) is 29.4. The number of rotatable bonds is 8. The van der Waals surface area contributed by atoms with Crippen LogP contribution in [0.1, 0.15) is 44.1 Å². The van der Waals surface area contributed by atoms with Gasteiger partial charge in [-0.2, -0.15) is 0 Å². The number of nitrogens with zero attached hydrogens (tertiary/aromatic N) is 2. The summed E-state index contributed by atoms with van der Waals surface area (Å²) >= 11 is 6.68. The fourth-order valence-corrected chi connectivity index (χ4v) is 5.09. The maximum Gasteiger partial charge on any atom is 0.266 e. The van der Waals surface area contributed by atoms with Gasteiger partial charge in [0.15, 0.2) is 0 Å². The second-order valence-electron chi connectivity index (χ2n) is 7.48. The van der Waals surface area contributed by atoms with E-state index in [2.05, 4.69) is 0 Å². The van der Waals surface area contributed by atoms with Crippen LogP contribution in [0, 0.1) is 0 Å². The number of hydrogen-bond acceptors (Lipinski definition) is 5. The standard InChI is InChI=1S/C23H28N2O3S2/c26-17-14-19-11-4-5-15-24(19)21(27)13-7-16-25-22(28)20(30-23(25)29)12-6-10-18-8-2-1-3-9-18/h1-3,6,8-10,12,19,26H,4-5,7,11,13-17H2. The van der Waals surface area contributed by atoms with Crippen LogP contribution in [-0.2, 0) is 9.59 Å². The van der Waals surface area contributed by atoms with Crippen molar-refractivity contribution in [2.24, 2.45) is 0 Å². The van der Waals surface area contributed by atoms with E-state index in [-0.39, 0.29) is 24.5 Å². The van der Waals surface area contributed by atoms with E-state index in [0.29, 0.717) is 35.0 Å². The zero-order valence-corrected chi connectivity index (χ0v) is 18.7. The van der Waals surface area contributed by atoms with Crippen LogP contribution >= 0.6 is 24.0 Å². The number of aliphatic hydroxyl groups excluding tert-OH is 1. The molecule has 0 spiro atoms. The van der Waals surface area contributed by atoms with Gasteiger partial charge in [0, 0.05) is 32.2 Å². The first-order chi connectivity index (χ1) is 14.6. The zero-order valence-electron chi connectivity index (χ0n) is 17.0. The number of benzene rings is 1. The Labute approximate surface area is 187 Å². The van der Waals surface area contributed by atoms with Crippen LogP contribution in [0.25, 0.3) is 6.08 Å². The number of amides is 2. The molecule has 2 aliphatic rings. The summed E-state index contributed by atoms with van der Waals surface area (Å²) in [5, 5.41) is 9.24. The lowest BCUT2D eigenvalue weighted by molar-refractivity contribution is -0.135. The van der Waals surface area contributed by atoms with Crippen LogP contribution in [-0.4, -0.2) is 56.8 Å². The van der Waals surface area contributed by atoms with Crippen molar-refractivity contribution in [2.75, 3.05) is 19.7 Å². The third-order valence-electron chi connectivity index (χ3n) is 5.39. The highest BCUT2D eigenvalue weighted by molar-refractivity contribution is 8.26. The molecule has 0 bridgehead atoms. The summed E-state index contributed by atoms with van der Waals surface area (Å²) in [6.45, 7) is 1.33. The van der Waals surface area contributed by atoms with E-state index < -0.39 is 0 Å². The quantitative estimate of drug-likeness (QED) is 0.485. The molecule has 0 aromatic heterocycles. The van der Waals surface area contributed by atoms with Crippen molar-refractivity contribution in [3.05, 3.63) is 53.0 Å². The van der Waals surface area contributed by atoms with Gasteiger partial charge in [-0.3, -0.25) is 14.5 Å². The van der Waals surface area contributed by atoms with Gasteiger partial charge in [0.2, 0.25) is 5.91 Å². The summed E-state index contributed by atoms with van der Waals surface area (Å²) in [6.07, 6.45) is 10.3. The third-order valence-corrected chi connectivity index (χ3v) is 6.79. The lowest BCUT2D eigenvalue weighted by Crippen LogP contribution is -2.44. The number of thioether (sulfide) groups is 1. The molecule has 2 fully saturated rings. The summed E-state index contributed by atoms with van der Waals surface area (Å²) in [6, 6.07) is 10.0. The first-order valence-electron chi connectivity index (χ1n) is 10.5. The summed E-state index contributed by atoms with van der Waals surface area (Å²) < 4.78 is 0.544. The monoisotopic (exact) mass is 444 g/mol. The SMILES string of the molecule is O=C1C(=CC=Cc2ccccc2)SC(=S)N1CCCC(=O)N1CCCCC1CCO. The van der Waals surface area contributed by atoms with Crippen LogP contribution in [0.4, 0.5) is 0 Å². The van der Waals surface area contributed by atoms with Gasteiger partial charge in [-0.05, 0) is 43.7 Å². The number of thiocarbonyl (C=S) groups is 1. The fourth-order valence-electron chi connectivity index (χ4n) is 3.83. The van der Waals surface area contributed by atoms with Gasteiger partial charge in [-0.25, -0.2) is 0 Å². The second-order valence-corrected chi connectivity index (χ2v) is 9.15. The number of carbonyl (C=O) groups excluding carboxylic acids is 2. The predicted molar refractivity (Wildman–Crippen MR) is 126 cm³/mol. The molecule has 1 aromatic carbocycles. The number of hydrogen-bond donors (Lipinski definition) is 1. The Morgan fingerprint density at radius 3 is 2.83 bits per heavy atom. The van der Waals surface area contributed by atoms with Crippen molar-refractivity contribution in [1.29, 1.82) is 0 Å². The van der Waals surface area contributed by atoms with Gasteiger partial charge >= 0.3 is 0 Å². The molecule has 0 saturated carbocycles. The summed E-state index contributed by atoms with van der Waals surface area (Å²) in [5.74, 6) is 0.0196. The summed E-state index contributed by atoms with van der Waals surface area (Å²) in [7, 11) is 0. The van der Waals surface area contributed by atoms with Gasteiger partial charge in [0.25, 0.3) is 5.91 Å². The average molecular weight is 445 g/mol. The van der Waals surface area contributed by atoms with E-state index in [4.69, 9.17) is 12.2 Å². The maximum atomic E-state index is 12.7. The molecule has 2 saturated heterocycles. The first-order valence-corrected chi connectivity index (χ1v) is 11.7. The van der Waals surface area contributed by atoms with Crippen LogP contribution in [0.2, 0.25) is 0 Å². The van der Waals surface area contributed by atoms with Crippen LogP contribution < -0.4 is 0 Å². The minimum atomic E-state index is -0.0914. The Balaban J connectivity index is 1.50. The second kappa shape index (κ2) is 11.4. The number of carbonyl (C=O) groups is 2. The molecule has 160 valence electrons. The Morgan fingerprint density at radius 1 is 1.27 bits per heavy atom. The van der Waals surface area contributed by atoms with E-state index in [1.165, 1.54) is 11.8 Å². The van der Waals surface area contributed by atoms with Crippen molar-refractivity contribution in [1.82, 2.24) is 9.80 Å². The molecular formula is C23H28N2O3S2. The molecule has 0 radical (unpaired) electrons. The molecule has 2 heterocycles. The minimum absolute atomic E-state index is 0.0914. The molecule has 5 nitrogen and oxygen atoms in total. The smallest absolute Gasteiger partial charge is 0.266 e. The summed E-state index contributed by atoms with van der Waals surface area (Å²) in [5.41, 5.74) is 1.07. The van der Waals surface area contributed by atoms with Crippen LogP contribution in [0.5, 0.6) is 0 Å². The molecule has 7 heteroatoms. The first kappa shape index (κ1) is 22.7. The Kier molecular flexibility index (Phi) is 8.66. The number of piperidine rings is 1. The van der Waals surface area contributed by atoms with Gasteiger partial charge < -0.3 is 10.0 Å². The molecule has 1 unspecified atom stereocenters. The maximum absolute atomic E-state index is 12.7. The minimum Gasteiger partial charge on any atom is -0.396 e. The van der Waals surface area contributed by atoms with Crippen molar-refractivity contribution in [3.63, 3.8) is 0 Å². The van der Waals surface area contributed by atoms with Crippen molar-refractivity contribution in [2.45, 2.75) is 44.6 Å². The van der Waals surface area contributed by atoms with E-state index in [1.807, 2.05) is 47.4 Å². The van der Waals surface area contributed by atoms with Gasteiger partial charge in [-0.1, -0.05) is 66.5 Å². The highest BCUT2D eigenvalue weighted by Gasteiger charge is 2.32. The number of allylic oxidation sites excluding steroid dienone is 2. The van der Waals surface area contributed by atoms with E-state index >= 15 is 0 Å². The zero-order chi connectivity index (χ0) is 21.3.